The topological polar surface area (TPSA) is 96.8 Å². The summed E-state index contributed by atoms with van der Waals surface area (Å²) in [5, 5.41) is 7.55. The van der Waals surface area contributed by atoms with E-state index in [0.717, 1.165) is 42.0 Å². The number of fused-ring (bicyclic) bond motifs is 1. The molecule has 1 fully saturated rings. The standard InChI is InChI=1S/C25H33FN4O3.C2H5NO/c1-24(2,3)33-23(32)30-10-7-25(8-11-30)15-17(16-25)18-14-21-19(13-20(18)26)22(27-29(21)5)28(4)9-6-12-31;1-3-2-4/h12-15H,6-11,16H2,1-5H3;2H,1H3,(H,3,4). The Kier molecular flexibility index (Phi) is 8.60. The third-order valence-corrected chi connectivity index (χ3v) is 6.76. The van der Waals surface area contributed by atoms with E-state index in [1.165, 1.54) is 0 Å². The van der Waals surface area contributed by atoms with Crippen LogP contribution in [-0.2, 0) is 21.4 Å². The van der Waals surface area contributed by atoms with Crippen LogP contribution >= 0.6 is 0 Å². The number of aryl methyl sites for hydroxylation is 1. The van der Waals surface area contributed by atoms with Crippen LogP contribution in [0.2, 0.25) is 0 Å². The quantitative estimate of drug-likeness (QED) is 0.586. The fourth-order valence-electron chi connectivity index (χ4n) is 4.81. The van der Waals surface area contributed by atoms with E-state index in [0.29, 0.717) is 43.8 Å². The lowest BCUT2D eigenvalue weighted by atomic mass is 9.64. The number of allylic oxidation sites excluding steroid dienone is 2. The Bertz CT molecular complexity index is 1180. The predicted octanol–water partition coefficient (Wildman–Crippen LogP) is 3.90. The lowest BCUT2D eigenvalue weighted by Crippen LogP contribution is -2.46. The highest BCUT2D eigenvalue weighted by Crippen LogP contribution is 2.51. The van der Waals surface area contributed by atoms with Crippen molar-refractivity contribution in [2.45, 2.75) is 52.1 Å². The molecule has 10 heteroatoms. The first-order valence-corrected chi connectivity index (χ1v) is 12.6. The van der Waals surface area contributed by atoms with Gasteiger partial charge in [-0.3, -0.25) is 9.48 Å². The molecule has 4 rings (SSSR count). The molecule has 1 saturated heterocycles. The van der Waals surface area contributed by atoms with Crippen LogP contribution in [-0.4, -0.2) is 72.8 Å². The van der Waals surface area contributed by atoms with Crippen LogP contribution in [0.5, 0.6) is 0 Å². The maximum absolute atomic E-state index is 15.2. The van der Waals surface area contributed by atoms with Gasteiger partial charge in [-0.15, -0.1) is 0 Å². The third kappa shape index (κ3) is 6.47. The van der Waals surface area contributed by atoms with Crippen LogP contribution < -0.4 is 10.2 Å². The normalized spacial score (nSPS) is 16.3. The minimum atomic E-state index is -0.499. The van der Waals surface area contributed by atoms with E-state index in [1.807, 2.05) is 45.8 Å². The third-order valence-electron chi connectivity index (χ3n) is 6.76. The molecule has 2 aliphatic rings. The Morgan fingerprint density at radius 3 is 2.43 bits per heavy atom. The van der Waals surface area contributed by atoms with Crippen molar-refractivity contribution in [2.24, 2.45) is 12.5 Å². The molecule has 202 valence electrons. The maximum Gasteiger partial charge on any atom is 0.410 e. The molecule has 2 amide bonds. The number of rotatable bonds is 6. The minimum Gasteiger partial charge on any atom is -0.444 e. The average Bonchev–Trinajstić information content (AvgIpc) is 3.15. The smallest absolute Gasteiger partial charge is 0.410 e. The maximum atomic E-state index is 15.2. The van der Waals surface area contributed by atoms with Gasteiger partial charge >= 0.3 is 6.09 Å². The molecule has 37 heavy (non-hydrogen) atoms. The highest BCUT2D eigenvalue weighted by Gasteiger charge is 2.42. The summed E-state index contributed by atoms with van der Waals surface area (Å²) in [6.07, 6.45) is 6.35. The highest BCUT2D eigenvalue weighted by atomic mass is 19.1. The molecule has 1 N–H and O–H groups in total. The fraction of sp³-hybridized carbons (Fsp3) is 0.556. The SMILES string of the molecule is CN(CCC=O)c1nn(C)c2cc(C3=CC4(CCN(C(=O)OC(C)(C)C)CC4)C3)c(F)cc12.CNC=O. The average molecular weight is 516 g/mol. The van der Waals surface area contributed by atoms with Crippen LogP contribution in [0.3, 0.4) is 0 Å². The number of piperidine rings is 1. The number of nitrogens with one attached hydrogen (secondary N) is 1. The first kappa shape index (κ1) is 28.1. The number of aromatic nitrogens is 2. The van der Waals surface area contributed by atoms with E-state index in [2.05, 4.69) is 16.5 Å². The molecular weight excluding hydrogens is 477 g/mol. The largest absolute Gasteiger partial charge is 0.444 e. The number of hydrogen-bond donors (Lipinski definition) is 1. The van der Waals surface area contributed by atoms with Crippen LogP contribution in [0.4, 0.5) is 15.0 Å². The van der Waals surface area contributed by atoms with Crippen LogP contribution in [0.15, 0.2) is 18.2 Å². The van der Waals surface area contributed by atoms with Crippen molar-refractivity contribution in [1.29, 1.82) is 0 Å². The van der Waals surface area contributed by atoms with Gasteiger partial charge in [0.25, 0.3) is 0 Å². The summed E-state index contributed by atoms with van der Waals surface area (Å²) in [4.78, 5) is 35.8. The van der Waals surface area contributed by atoms with E-state index in [-0.39, 0.29) is 17.3 Å². The lowest BCUT2D eigenvalue weighted by molar-refractivity contribution is -0.109. The molecule has 2 heterocycles. The Labute approximate surface area is 217 Å². The summed E-state index contributed by atoms with van der Waals surface area (Å²) in [6.45, 7) is 7.45. The molecule has 0 saturated carbocycles. The van der Waals surface area contributed by atoms with Gasteiger partial charge in [-0.05, 0) is 63.2 Å². The number of halogens is 1. The number of benzene rings is 1. The first-order valence-electron chi connectivity index (χ1n) is 12.6. The van der Waals surface area contributed by atoms with Crippen molar-refractivity contribution < 1.29 is 23.5 Å². The Morgan fingerprint density at radius 1 is 1.27 bits per heavy atom. The van der Waals surface area contributed by atoms with E-state index < -0.39 is 5.60 Å². The number of hydrogen-bond acceptors (Lipinski definition) is 6. The second kappa shape index (κ2) is 11.3. The van der Waals surface area contributed by atoms with Gasteiger partial charge < -0.3 is 24.6 Å². The highest BCUT2D eigenvalue weighted by molar-refractivity contribution is 5.93. The predicted molar refractivity (Wildman–Crippen MR) is 142 cm³/mol. The summed E-state index contributed by atoms with van der Waals surface area (Å²) >= 11 is 0. The summed E-state index contributed by atoms with van der Waals surface area (Å²) in [6, 6.07) is 3.44. The summed E-state index contributed by atoms with van der Waals surface area (Å²) in [5.41, 5.74) is 2.02. The van der Waals surface area contributed by atoms with Crippen molar-refractivity contribution in [3.05, 3.63) is 29.6 Å². The van der Waals surface area contributed by atoms with Gasteiger partial charge in [0.1, 0.15) is 17.7 Å². The van der Waals surface area contributed by atoms with Gasteiger partial charge in [0.2, 0.25) is 6.41 Å². The van der Waals surface area contributed by atoms with E-state index in [1.54, 1.807) is 22.7 Å². The molecule has 1 aromatic heterocycles. The molecule has 1 aliphatic carbocycles. The molecule has 1 spiro atoms. The summed E-state index contributed by atoms with van der Waals surface area (Å²) in [7, 11) is 5.27. The number of amides is 2. The number of nitrogens with zero attached hydrogens (tertiary/aromatic N) is 4. The molecule has 2 aromatic rings. The van der Waals surface area contributed by atoms with Gasteiger partial charge in [0.15, 0.2) is 5.82 Å². The second-order valence-corrected chi connectivity index (χ2v) is 10.8. The van der Waals surface area contributed by atoms with Crippen molar-refractivity contribution in [3.63, 3.8) is 0 Å². The zero-order valence-electron chi connectivity index (χ0n) is 22.6. The minimum absolute atomic E-state index is 0.0297. The number of carbonyl (C=O) groups is 3. The molecule has 1 aliphatic heterocycles. The fourth-order valence-corrected chi connectivity index (χ4v) is 4.81. The monoisotopic (exact) mass is 515 g/mol. The molecule has 0 unspecified atom stereocenters. The summed E-state index contributed by atoms with van der Waals surface area (Å²) in [5.74, 6) is 0.418. The zero-order chi connectivity index (χ0) is 27.4. The van der Waals surface area contributed by atoms with Crippen molar-refractivity contribution >= 4 is 41.1 Å². The van der Waals surface area contributed by atoms with Crippen molar-refractivity contribution in [1.82, 2.24) is 20.0 Å². The summed E-state index contributed by atoms with van der Waals surface area (Å²) < 4.78 is 22.4. The first-order chi connectivity index (χ1) is 17.4. The molecule has 0 radical (unpaired) electrons. The van der Waals surface area contributed by atoms with Crippen molar-refractivity contribution in [2.75, 3.05) is 38.6 Å². The van der Waals surface area contributed by atoms with Gasteiger partial charge in [0.05, 0.1) is 5.52 Å². The van der Waals surface area contributed by atoms with Crippen molar-refractivity contribution in [3.8, 4) is 0 Å². The van der Waals surface area contributed by atoms with Crippen LogP contribution in [0, 0.1) is 11.2 Å². The Hall–Kier alpha value is -3.43. The van der Waals surface area contributed by atoms with E-state index in [9.17, 15) is 9.59 Å². The van der Waals surface area contributed by atoms with Gasteiger partial charge in [-0.1, -0.05) is 6.08 Å². The number of aldehydes is 1. The second-order valence-electron chi connectivity index (χ2n) is 10.8. The number of anilines is 1. The number of carbonyl (C=O) groups excluding carboxylic acids is 3. The van der Waals surface area contributed by atoms with Crippen LogP contribution in [0.25, 0.3) is 16.5 Å². The lowest BCUT2D eigenvalue weighted by Gasteiger charge is -2.46. The van der Waals surface area contributed by atoms with Gasteiger partial charge in [-0.2, -0.15) is 5.10 Å². The molecule has 0 bridgehead atoms. The van der Waals surface area contributed by atoms with E-state index >= 15 is 4.39 Å². The van der Waals surface area contributed by atoms with Crippen LogP contribution in [0.1, 0.15) is 52.0 Å². The molecule has 9 nitrogen and oxygen atoms in total. The van der Waals surface area contributed by atoms with Gasteiger partial charge in [-0.25, -0.2) is 9.18 Å². The van der Waals surface area contributed by atoms with Gasteiger partial charge in [0, 0.05) is 58.1 Å². The number of ether oxygens (including phenoxy) is 1. The Balaban J connectivity index is 0.000000886. The molecule has 0 atom stereocenters. The molecular formula is C27H38FN5O4. The molecule has 1 aromatic carbocycles. The number of likely N-dealkylation sites (tertiary alicyclic amines) is 1. The Morgan fingerprint density at radius 2 is 1.89 bits per heavy atom. The zero-order valence-corrected chi connectivity index (χ0v) is 22.6. The van der Waals surface area contributed by atoms with E-state index in [4.69, 9.17) is 9.53 Å².